The molecule has 20 heteroatoms. The highest BCUT2D eigenvalue weighted by molar-refractivity contribution is 7.87. The molecule has 46 heavy (non-hydrogen) atoms. The number of methoxy groups -OCH3 is 1. The van der Waals surface area contributed by atoms with Crippen molar-refractivity contribution in [2.24, 2.45) is 0 Å². The summed E-state index contributed by atoms with van der Waals surface area (Å²) in [7, 11) is -6.04. The smallest absolute Gasteiger partial charge is 0.460 e. The van der Waals surface area contributed by atoms with Crippen molar-refractivity contribution in [2.45, 2.75) is 138 Å². The number of carbonyl (C=O) groups is 3. The molecule has 11 nitrogen and oxygen atoms in total. The summed E-state index contributed by atoms with van der Waals surface area (Å²) < 4.78 is 154. The van der Waals surface area contributed by atoms with Gasteiger partial charge in [0, 0.05) is 25.7 Å². The summed E-state index contributed by atoms with van der Waals surface area (Å²) >= 11 is 0. The molecule has 0 spiro atoms. The highest BCUT2D eigenvalue weighted by atomic mass is 32.2. The number of carboxylic acids is 1. The van der Waals surface area contributed by atoms with Crippen LogP contribution in [0, 0.1) is 0 Å². The summed E-state index contributed by atoms with van der Waals surface area (Å²) in [5.41, 5.74) is -3.17. The number of ether oxygens (including phenoxy) is 3. The van der Waals surface area contributed by atoms with Crippen molar-refractivity contribution in [1.29, 1.82) is 0 Å². The van der Waals surface area contributed by atoms with Crippen LogP contribution in [0.1, 0.15) is 97.8 Å². The first kappa shape index (κ1) is 41.5. The van der Waals surface area contributed by atoms with E-state index >= 15 is 0 Å². The number of hydrogen-bond acceptors (Lipinski definition) is 9. The Bertz CT molecular complexity index is 1160. The summed E-state index contributed by atoms with van der Waals surface area (Å²) in [6.07, 6.45) is -17.5. The monoisotopic (exact) mass is 709 g/mol. The molecule has 1 fully saturated rings. The van der Waals surface area contributed by atoms with Crippen molar-refractivity contribution < 1.29 is 81.4 Å². The van der Waals surface area contributed by atoms with Crippen molar-refractivity contribution in [3.8, 4) is 0 Å². The molecule has 0 unspecified atom stereocenters. The summed E-state index contributed by atoms with van der Waals surface area (Å²) in [4.78, 5) is 34.7. The Balaban J connectivity index is 2.78. The maximum Gasteiger partial charge on any atom is 0.460 e. The third kappa shape index (κ3) is 11.3. The molecule has 0 bridgehead atoms. The minimum atomic E-state index is -6.89. The zero-order chi connectivity index (χ0) is 35.8. The van der Waals surface area contributed by atoms with Crippen LogP contribution in [0.4, 0.5) is 39.9 Å². The molecule has 0 saturated heterocycles. The van der Waals surface area contributed by atoms with E-state index in [1.54, 1.807) is 0 Å². The van der Waals surface area contributed by atoms with Gasteiger partial charge in [-0.1, -0.05) is 38.5 Å². The minimum absolute atomic E-state index is 0.0113. The van der Waals surface area contributed by atoms with E-state index in [9.17, 15) is 57.9 Å². The van der Waals surface area contributed by atoms with Crippen molar-refractivity contribution in [2.75, 3.05) is 7.11 Å². The van der Waals surface area contributed by atoms with E-state index in [1.807, 2.05) is 5.32 Å². The number of hydrogen-bond donors (Lipinski definition) is 2. The van der Waals surface area contributed by atoms with Gasteiger partial charge in [0.1, 0.15) is 11.1 Å². The van der Waals surface area contributed by atoms with E-state index in [0.29, 0.717) is 32.1 Å². The van der Waals surface area contributed by atoms with Gasteiger partial charge >= 0.3 is 51.5 Å². The van der Waals surface area contributed by atoms with E-state index in [2.05, 4.69) is 13.7 Å². The molecule has 0 aromatic carbocycles. The summed E-state index contributed by atoms with van der Waals surface area (Å²) in [6, 6.07) is 0. The van der Waals surface area contributed by atoms with Gasteiger partial charge in [-0.15, -0.1) is 0 Å². The Hall–Kier alpha value is -2.48. The average molecular weight is 710 g/mol. The van der Waals surface area contributed by atoms with E-state index in [1.165, 1.54) is 20.8 Å². The molecule has 2 N–H and O–H groups in total. The lowest BCUT2D eigenvalue weighted by molar-refractivity contribution is -0.456. The SMILES string of the molecule is COC(=O)[C@]1(NC(=O)OC(C)(C)C)C[C@@H](OS(=O)(=O)C(F)(F)C(F)(F)OC(F)(F)C(F)(F)CCCCCCCCCCC(=O)O)C1. The van der Waals surface area contributed by atoms with Gasteiger partial charge < -0.3 is 19.9 Å². The first-order chi connectivity index (χ1) is 20.7. The third-order valence-electron chi connectivity index (χ3n) is 6.70. The van der Waals surface area contributed by atoms with Crippen LogP contribution in [0.2, 0.25) is 0 Å². The van der Waals surface area contributed by atoms with Gasteiger partial charge in [-0.05, 0) is 33.6 Å². The van der Waals surface area contributed by atoms with Crippen LogP contribution in [0.15, 0.2) is 0 Å². The van der Waals surface area contributed by atoms with E-state index in [4.69, 9.17) is 9.84 Å². The number of nitrogens with one attached hydrogen (secondary N) is 1. The molecular formula is C26H39F8NO10S. The lowest BCUT2D eigenvalue weighted by atomic mass is 9.74. The van der Waals surface area contributed by atoms with Crippen LogP contribution < -0.4 is 5.32 Å². The van der Waals surface area contributed by atoms with Gasteiger partial charge in [0.2, 0.25) is 0 Å². The molecule has 1 amide bonds. The number of carboxylic acid groups (broad SMARTS) is 1. The zero-order valence-corrected chi connectivity index (χ0v) is 26.4. The third-order valence-corrected chi connectivity index (χ3v) is 8.09. The molecule has 270 valence electrons. The van der Waals surface area contributed by atoms with Crippen molar-refractivity contribution in [3.63, 3.8) is 0 Å². The summed E-state index contributed by atoms with van der Waals surface area (Å²) in [5.74, 6) is -7.58. The number of alkyl carbamates (subject to hydrolysis) is 1. The second-order valence-electron chi connectivity index (χ2n) is 11.9. The molecule has 0 aromatic heterocycles. The number of alkyl halides is 8. The number of aliphatic carboxylic acids is 1. The van der Waals surface area contributed by atoms with E-state index < -0.39 is 94.5 Å². The number of unbranched alkanes of at least 4 members (excludes halogenated alkanes) is 7. The molecule has 1 saturated carbocycles. The molecule has 0 atom stereocenters. The van der Waals surface area contributed by atoms with Crippen LogP contribution in [-0.4, -0.2) is 79.3 Å². The topological polar surface area (TPSA) is 155 Å². The molecule has 0 radical (unpaired) electrons. The maximum absolute atomic E-state index is 14.4. The van der Waals surface area contributed by atoms with Crippen molar-refractivity contribution in [3.05, 3.63) is 0 Å². The van der Waals surface area contributed by atoms with Crippen molar-refractivity contribution >= 4 is 28.1 Å². The van der Waals surface area contributed by atoms with E-state index in [-0.39, 0.29) is 19.3 Å². The number of amides is 1. The summed E-state index contributed by atoms with van der Waals surface area (Å²) in [5, 5.41) is 3.96. The largest absolute Gasteiger partial charge is 0.481 e. The molecular weight excluding hydrogens is 670 g/mol. The molecule has 0 aliphatic heterocycles. The Morgan fingerprint density at radius 3 is 1.76 bits per heavy atom. The van der Waals surface area contributed by atoms with E-state index in [0.717, 1.165) is 7.11 Å². The molecule has 0 aromatic rings. The summed E-state index contributed by atoms with van der Waals surface area (Å²) in [6.45, 7) is 4.33. The van der Waals surface area contributed by atoms with Gasteiger partial charge in [-0.25, -0.2) is 14.3 Å². The van der Waals surface area contributed by atoms with Gasteiger partial charge in [0.25, 0.3) is 0 Å². The fourth-order valence-electron chi connectivity index (χ4n) is 4.31. The minimum Gasteiger partial charge on any atom is -0.481 e. The fraction of sp³-hybridized carbons (Fsp3) is 0.885. The van der Waals surface area contributed by atoms with Gasteiger partial charge in [0.15, 0.2) is 0 Å². The average Bonchev–Trinajstić information content (AvgIpc) is 2.85. The quantitative estimate of drug-likeness (QED) is 0.0633. The number of halogens is 8. The van der Waals surface area contributed by atoms with Crippen molar-refractivity contribution in [1.82, 2.24) is 5.32 Å². The lowest BCUT2D eigenvalue weighted by Gasteiger charge is -2.44. The molecule has 1 aliphatic rings. The number of rotatable bonds is 20. The first-order valence-corrected chi connectivity index (χ1v) is 15.6. The Kier molecular flexibility index (Phi) is 14.1. The van der Waals surface area contributed by atoms with Crippen LogP contribution in [0.25, 0.3) is 0 Å². The highest BCUT2D eigenvalue weighted by Crippen LogP contribution is 2.49. The van der Waals surface area contributed by atoms with Gasteiger partial charge in [-0.3, -0.25) is 8.98 Å². The zero-order valence-electron chi connectivity index (χ0n) is 25.6. The Morgan fingerprint density at radius 1 is 0.826 bits per heavy atom. The fourth-order valence-corrected chi connectivity index (χ4v) is 5.26. The molecule has 0 heterocycles. The Morgan fingerprint density at radius 2 is 1.30 bits per heavy atom. The predicted octanol–water partition coefficient (Wildman–Crippen LogP) is 6.35. The number of carbonyl (C=O) groups excluding carboxylic acids is 2. The molecule has 1 aliphatic carbocycles. The van der Waals surface area contributed by atoms with Gasteiger partial charge in [-0.2, -0.15) is 43.5 Å². The van der Waals surface area contributed by atoms with Gasteiger partial charge in [0.05, 0.1) is 13.2 Å². The van der Waals surface area contributed by atoms with Crippen LogP contribution in [0.3, 0.4) is 0 Å². The van der Waals surface area contributed by atoms with Crippen LogP contribution in [0.5, 0.6) is 0 Å². The maximum atomic E-state index is 14.4. The Labute approximate surface area is 260 Å². The second-order valence-corrected chi connectivity index (χ2v) is 13.5. The predicted molar refractivity (Wildman–Crippen MR) is 142 cm³/mol. The number of esters is 1. The van der Waals surface area contributed by atoms with Crippen LogP contribution >= 0.6 is 0 Å². The second kappa shape index (κ2) is 15.6. The normalized spacial score (nSPS) is 19.7. The lowest BCUT2D eigenvalue weighted by Crippen LogP contribution is -2.66. The highest BCUT2D eigenvalue weighted by Gasteiger charge is 2.75. The first-order valence-electron chi connectivity index (χ1n) is 14.2. The standard InChI is InChI=1S/C26H39F8NO10S/c1-21(2,3)43-20(39)35-22(19(38)42-4)15-17(16-22)44-46(40,41)26(33,34)25(31,32)45-24(29,30)23(27,28)14-12-10-8-6-5-7-9-11-13-18(36)37/h17H,5-16H2,1-4H3,(H,35,39)(H,36,37)/t17-,22+. The molecule has 1 rings (SSSR count). The van der Waals surface area contributed by atoms with Crippen LogP contribution in [-0.2, 0) is 38.1 Å².